The predicted molar refractivity (Wildman–Crippen MR) is 109 cm³/mol. The molecule has 0 saturated heterocycles. The molecule has 4 rings (SSSR count). The van der Waals surface area contributed by atoms with Crippen LogP contribution >= 0.6 is 0 Å². The van der Waals surface area contributed by atoms with Gasteiger partial charge in [-0.1, -0.05) is 6.07 Å². The molecule has 7 nitrogen and oxygen atoms in total. The van der Waals surface area contributed by atoms with Gasteiger partial charge in [0.2, 0.25) is 0 Å². The molecule has 1 aromatic carbocycles. The van der Waals surface area contributed by atoms with Gasteiger partial charge in [-0.2, -0.15) is 0 Å². The molecule has 0 aliphatic heterocycles. The molecule has 2 aliphatic rings. The molecule has 2 aliphatic carbocycles. The third-order valence-electron chi connectivity index (χ3n) is 5.59. The summed E-state index contributed by atoms with van der Waals surface area (Å²) in [7, 11) is 0. The number of nitrogens with one attached hydrogen (secondary N) is 2. The molecule has 0 bridgehead atoms. The van der Waals surface area contributed by atoms with Gasteiger partial charge in [0, 0.05) is 24.5 Å². The Bertz CT molecular complexity index is 882. The smallest absolute Gasteiger partial charge is 0.329 e. The number of carbonyl (C=O) groups is 2. The molecular weight excluding hydrogens is 368 g/mol. The van der Waals surface area contributed by atoms with Crippen molar-refractivity contribution in [2.24, 2.45) is 0 Å². The quantitative estimate of drug-likeness (QED) is 0.735. The minimum Gasteiger partial charge on any atom is -0.464 e. The molecule has 2 N–H and O–H groups in total. The highest BCUT2D eigenvalue weighted by Crippen LogP contribution is 2.38. The topological polar surface area (TPSA) is 93.2 Å². The highest BCUT2D eigenvalue weighted by molar-refractivity contribution is 5.94. The maximum Gasteiger partial charge on any atom is 0.329 e. The first-order valence-corrected chi connectivity index (χ1v) is 10.3. The lowest BCUT2D eigenvalue weighted by molar-refractivity contribution is -0.145. The Labute approximate surface area is 170 Å². The summed E-state index contributed by atoms with van der Waals surface area (Å²) < 4.78 is 5.14. The van der Waals surface area contributed by atoms with Crippen LogP contribution < -0.4 is 10.6 Å². The number of hydrogen-bond donors (Lipinski definition) is 2. The van der Waals surface area contributed by atoms with Crippen molar-refractivity contribution in [2.75, 3.05) is 11.9 Å². The lowest BCUT2D eigenvalue weighted by atomic mass is 9.99. The Morgan fingerprint density at radius 1 is 1.07 bits per heavy atom. The average molecular weight is 394 g/mol. The van der Waals surface area contributed by atoms with Crippen LogP contribution in [0.4, 0.5) is 10.5 Å². The summed E-state index contributed by atoms with van der Waals surface area (Å²) in [4.78, 5) is 33.6. The van der Waals surface area contributed by atoms with Gasteiger partial charge in [-0.25, -0.2) is 19.6 Å². The van der Waals surface area contributed by atoms with Crippen LogP contribution in [0, 0.1) is 0 Å². The highest BCUT2D eigenvalue weighted by Gasteiger charge is 2.27. The van der Waals surface area contributed by atoms with Crippen LogP contribution in [0.5, 0.6) is 0 Å². The zero-order valence-electron chi connectivity index (χ0n) is 16.7. The molecular formula is C22H26N4O3. The van der Waals surface area contributed by atoms with E-state index in [0.717, 1.165) is 44.2 Å². The fourth-order valence-electron chi connectivity index (χ4n) is 4.33. The van der Waals surface area contributed by atoms with Crippen molar-refractivity contribution in [3.63, 3.8) is 0 Å². The molecule has 1 atom stereocenters. The van der Waals surface area contributed by atoms with Crippen LogP contribution in [-0.2, 0) is 41.6 Å². The normalized spacial score (nSPS) is 15.3. The summed E-state index contributed by atoms with van der Waals surface area (Å²) in [6, 6.07) is 2.79. The van der Waals surface area contributed by atoms with E-state index in [9.17, 15) is 9.59 Å². The number of aryl methyl sites for hydroxylation is 2. The monoisotopic (exact) mass is 394 g/mol. The number of fused-ring (bicyclic) bond motifs is 2. The summed E-state index contributed by atoms with van der Waals surface area (Å²) in [5, 5.41) is 5.83. The first-order valence-electron chi connectivity index (χ1n) is 10.3. The van der Waals surface area contributed by atoms with Gasteiger partial charge in [-0.15, -0.1) is 0 Å². The van der Waals surface area contributed by atoms with E-state index in [4.69, 9.17) is 4.74 Å². The SMILES string of the molecule is CCOC(=O)[C@@H](Cc1ncccn1)NC(=O)Nc1c2c(cc3c1CCC3)CCC2. The Hall–Kier alpha value is -2.96. The molecule has 152 valence electrons. The first-order chi connectivity index (χ1) is 14.2. The van der Waals surface area contributed by atoms with Crippen LogP contribution in [0.25, 0.3) is 0 Å². The van der Waals surface area contributed by atoms with Gasteiger partial charge in [0.05, 0.1) is 6.61 Å². The van der Waals surface area contributed by atoms with Gasteiger partial charge in [-0.05, 0) is 73.8 Å². The van der Waals surface area contributed by atoms with E-state index >= 15 is 0 Å². The first kappa shape index (κ1) is 19.4. The lowest BCUT2D eigenvalue weighted by Gasteiger charge is -2.20. The molecule has 0 saturated carbocycles. The molecule has 7 heteroatoms. The maximum absolute atomic E-state index is 12.9. The summed E-state index contributed by atoms with van der Waals surface area (Å²) in [6.07, 6.45) is 9.73. The standard InChI is InChI=1S/C22H26N4O3/c1-2-29-21(27)18(13-19-23-10-5-11-24-19)25-22(28)26-20-16-8-3-6-14(16)12-15-7-4-9-17(15)20/h5,10-12,18H,2-4,6-9,13H2,1H3,(H2,25,26,28)/t18-/m1/s1. The second kappa shape index (κ2) is 8.59. The van der Waals surface area contributed by atoms with Crippen LogP contribution in [0.15, 0.2) is 24.5 Å². The second-order valence-corrected chi connectivity index (χ2v) is 7.51. The Morgan fingerprint density at radius 3 is 2.34 bits per heavy atom. The van der Waals surface area contributed by atoms with Gasteiger partial charge in [-0.3, -0.25) is 0 Å². The van der Waals surface area contributed by atoms with Gasteiger partial charge >= 0.3 is 12.0 Å². The molecule has 0 unspecified atom stereocenters. The predicted octanol–water partition coefficient (Wildman–Crippen LogP) is 2.75. The van der Waals surface area contributed by atoms with Crippen LogP contribution in [0.1, 0.15) is 47.8 Å². The fraction of sp³-hybridized carbons (Fsp3) is 0.455. The number of benzene rings is 1. The van der Waals surface area contributed by atoms with Crippen LogP contribution in [-0.4, -0.2) is 34.6 Å². The summed E-state index contributed by atoms with van der Waals surface area (Å²) >= 11 is 0. The van der Waals surface area contributed by atoms with E-state index in [0.29, 0.717) is 5.82 Å². The zero-order chi connectivity index (χ0) is 20.2. The minimum absolute atomic E-state index is 0.179. The molecule has 1 aromatic heterocycles. The minimum atomic E-state index is -0.845. The molecule has 1 heterocycles. The molecule has 0 spiro atoms. The van der Waals surface area contributed by atoms with E-state index in [1.165, 1.54) is 22.3 Å². The summed E-state index contributed by atoms with van der Waals surface area (Å²) in [5.74, 6) is -0.00836. The number of esters is 1. The lowest BCUT2D eigenvalue weighted by Crippen LogP contribution is -2.45. The van der Waals surface area contributed by atoms with E-state index < -0.39 is 18.0 Å². The van der Waals surface area contributed by atoms with Crippen molar-refractivity contribution >= 4 is 17.7 Å². The van der Waals surface area contributed by atoms with Crippen molar-refractivity contribution in [1.29, 1.82) is 0 Å². The molecule has 2 aromatic rings. The van der Waals surface area contributed by atoms with Crippen LogP contribution in [0.3, 0.4) is 0 Å². The third kappa shape index (κ3) is 4.23. The fourth-order valence-corrected chi connectivity index (χ4v) is 4.33. The maximum atomic E-state index is 12.9. The molecule has 0 fully saturated rings. The Kier molecular flexibility index (Phi) is 5.74. The molecule has 29 heavy (non-hydrogen) atoms. The van der Waals surface area contributed by atoms with Gasteiger partial charge in [0.25, 0.3) is 0 Å². The van der Waals surface area contributed by atoms with Gasteiger partial charge in [0.15, 0.2) is 0 Å². The second-order valence-electron chi connectivity index (χ2n) is 7.51. The van der Waals surface area contributed by atoms with Crippen molar-refractivity contribution in [2.45, 2.75) is 57.9 Å². The van der Waals surface area contributed by atoms with E-state index in [1.54, 1.807) is 25.4 Å². The highest BCUT2D eigenvalue weighted by atomic mass is 16.5. The number of carbonyl (C=O) groups excluding carboxylic acids is 2. The number of hydrogen-bond acceptors (Lipinski definition) is 5. The van der Waals surface area contributed by atoms with Crippen molar-refractivity contribution in [3.05, 3.63) is 52.6 Å². The number of anilines is 1. The van der Waals surface area contributed by atoms with E-state index in [-0.39, 0.29) is 13.0 Å². The number of nitrogens with zero attached hydrogens (tertiary/aromatic N) is 2. The summed E-state index contributed by atoms with van der Waals surface area (Å²) in [6.45, 7) is 1.98. The van der Waals surface area contributed by atoms with Crippen molar-refractivity contribution < 1.29 is 14.3 Å². The Balaban J connectivity index is 1.52. The zero-order valence-corrected chi connectivity index (χ0v) is 16.7. The largest absolute Gasteiger partial charge is 0.464 e. The number of aromatic nitrogens is 2. The van der Waals surface area contributed by atoms with Crippen molar-refractivity contribution in [1.82, 2.24) is 15.3 Å². The number of rotatable bonds is 6. The van der Waals surface area contributed by atoms with E-state index in [2.05, 4.69) is 26.7 Å². The van der Waals surface area contributed by atoms with Crippen molar-refractivity contribution in [3.8, 4) is 0 Å². The average Bonchev–Trinajstić information content (AvgIpc) is 3.37. The van der Waals surface area contributed by atoms with Gasteiger partial charge < -0.3 is 15.4 Å². The third-order valence-corrected chi connectivity index (χ3v) is 5.59. The van der Waals surface area contributed by atoms with E-state index in [1.807, 2.05) is 0 Å². The summed E-state index contributed by atoms with van der Waals surface area (Å²) in [5.41, 5.74) is 6.14. The van der Waals surface area contributed by atoms with Crippen LogP contribution in [0.2, 0.25) is 0 Å². The number of amides is 2. The number of urea groups is 1. The molecule has 2 amide bonds. The Morgan fingerprint density at radius 2 is 1.72 bits per heavy atom. The van der Waals surface area contributed by atoms with Gasteiger partial charge in [0.1, 0.15) is 11.9 Å². The molecule has 0 radical (unpaired) electrons. The number of ether oxygens (including phenoxy) is 1.